The van der Waals surface area contributed by atoms with E-state index in [9.17, 15) is 13.2 Å². The van der Waals surface area contributed by atoms with Crippen molar-refractivity contribution in [3.8, 4) is 5.75 Å². The van der Waals surface area contributed by atoms with Crippen LogP contribution in [0.3, 0.4) is 0 Å². The normalized spacial score (nSPS) is 19.0. The van der Waals surface area contributed by atoms with Crippen LogP contribution in [-0.2, 0) is 17.3 Å². The second kappa shape index (κ2) is 10.3. The molecule has 0 aliphatic heterocycles. The molecule has 35 heavy (non-hydrogen) atoms. The van der Waals surface area contributed by atoms with Crippen molar-refractivity contribution in [2.45, 2.75) is 80.2 Å². The minimum atomic E-state index is -4.52. The van der Waals surface area contributed by atoms with E-state index in [4.69, 9.17) is 14.9 Å². The molecule has 2 aromatic heterocycles. The molecular formula is C24H29F3N4O2S2. The van der Waals surface area contributed by atoms with Crippen molar-refractivity contribution in [3.63, 3.8) is 0 Å². The van der Waals surface area contributed by atoms with Gasteiger partial charge in [-0.1, -0.05) is 32.1 Å². The molecule has 1 fully saturated rings. The first-order valence-corrected chi connectivity index (χ1v) is 13.2. The molecule has 0 amide bonds. The molecule has 2 heterocycles. The second-order valence-electron chi connectivity index (χ2n) is 9.64. The van der Waals surface area contributed by atoms with E-state index in [1.165, 1.54) is 23.5 Å². The molecule has 2 atom stereocenters. The van der Waals surface area contributed by atoms with Gasteiger partial charge in [0.25, 0.3) is 0 Å². The molecule has 1 aliphatic rings. The van der Waals surface area contributed by atoms with Crippen LogP contribution < -0.4 is 15.8 Å². The van der Waals surface area contributed by atoms with Crippen molar-refractivity contribution < 1.29 is 22.3 Å². The van der Waals surface area contributed by atoms with Crippen LogP contribution in [0.2, 0.25) is 0 Å². The number of hydrogen-bond donors (Lipinski definition) is 2. The molecule has 0 bridgehead atoms. The maximum absolute atomic E-state index is 13.4. The first kappa shape index (κ1) is 25.7. The number of hydrogen-bond acceptors (Lipinski definition) is 8. The summed E-state index contributed by atoms with van der Waals surface area (Å²) in [5, 5.41) is 4.21. The van der Waals surface area contributed by atoms with Crippen LogP contribution in [0, 0.1) is 0 Å². The van der Waals surface area contributed by atoms with Gasteiger partial charge in [0.05, 0.1) is 27.9 Å². The van der Waals surface area contributed by atoms with Gasteiger partial charge in [-0.05, 0) is 37.5 Å². The molecule has 4 rings (SSSR count). The maximum atomic E-state index is 13.4. The lowest BCUT2D eigenvalue weighted by molar-refractivity contribution is -0.139. The monoisotopic (exact) mass is 526 g/mol. The fourth-order valence-corrected chi connectivity index (χ4v) is 5.66. The van der Waals surface area contributed by atoms with Crippen LogP contribution in [0.1, 0.15) is 63.7 Å². The standard InChI is InChI=1S/C24H29F3N4O2S2/c1-23(2,3)19-11-29-20(33-19)13-34-21-12-30-22(35-21)31-15-5-4-6-16(10-15)32-18-8-7-14(28)9-17(18)24(25,26)27/h7-9,11-12,15-16H,4-6,10,13,28H2,1-3H3,(H,30,31)/t15-,16-/m1/s1. The summed E-state index contributed by atoms with van der Waals surface area (Å²) in [6.07, 6.45) is 1.80. The van der Waals surface area contributed by atoms with E-state index in [-0.39, 0.29) is 29.0 Å². The molecule has 11 heteroatoms. The molecule has 1 aliphatic carbocycles. The van der Waals surface area contributed by atoms with Crippen molar-refractivity contribution in [3.05, 3.63) is 47.8 Å². The van der Waals surface area contributed by atoms with Crippen LogP contribution in [-0.4, -0.2) is 22.1 Å². The predicted molar refractivity (Wildman–Crippen MR) is 133 cm³/mol. The Morgan fingerprint density at radius 1 is 1.20 bits per heavy atom. The third-order valence-corrected chi connectivity index (χ3v) is 7.78. The summed E-state index contributed by atoms with van der Waals surface area (Å²) in [4.78, 5) is 8.82. The number of thiazole rings is 1. The fraction of sp³-hybridized carbons (Fsp3) is 0.500. The predicted octanol–water partition coefficient (Wildman–Crippen LogP) is 7.12. The Kier molecular flexibility index (Phi) is 7.56. The first-order chi connectivity index (χ1) is 16.5. The van der Waals surface area contributed by atoms with Crippen LogP contribution >= 0.6 is 23.1 Å². The van der Waals surface area contributed by atoms with Crippen molar-refractivity contribution >= 4 is 33.9 Å². The smallest absolute Gasteiger partial charge is 0.420 e. The highest BCUT2D eigenvalue weighted by molar-refractivity contribution is 8.00. The number of thioether (sulfide) groups is 1. The lowest BCUT2D eigenvalue weighted by Gasteiger charge is -2.30. The zero-order valence-corrected chi connectivity index (χ0v) is 21.4. The van der Waals surface area contributed by atoms with E-state index in [0.717, 1.165) is 34.0 Å². The number of oxazole rings is 1. The summed E-state index contributed by atoms with van der Waals surface area (Å²) < 4.78 is 52.9. The van der Waals surface area contributed by atoms with Gasteiger partial charge < -0.3 is 20.2 Å². The van der Waals surface area contributed by atoms with E-state index in [1.807, 2.05) is 6.20 Å². The SMILES string of the molecule is CC(C)(C)c1cnc(CSc2cnc(N[C@@H]3CCC[C@@H](Oc4ccc(N)cc4C(F)(F)F)C3)s2)o1. The molecule has 1 saturated carbocycles. The van der Waals surface area contributed by atoms with E-state index >= 15 is 0 Å². The zero-order valence-electron chi connectivity index (χ0n) is 19.8. The topological polar surface area (TPSA) is 86.2 Å². The van der Waals surface area contributed by atoms with Gasteiger partial charge in [-0.3, -0.25) is 0 Å². The third kappa shape index (κ3) is 6.84. The van der Waals surface area contributed by atoms with Gasteiger partial charge in [0.1, 0.15) is 17.6 Å². The number of nitrogen functional groups attached to an aromatic ring is 1. The van der Waals surface area contributed by atoms with Gasteiger partial charge in [-0.2, -0.15) is 13.2 Å². The minimum absolute atomic E-state index is 0.0581. The number of alkyl halides is 3. The lowest BCUT2D eigenvalue weighted by Crippen LogP contribution is -2.33. The number of benzene rings is 1. The van der Waals surface area contributed by atoms with Crippen molar-refractivity contribution in [2.24, 2.45) is 0 Å². The molecule has 0 unspecified atom stereocenters. The molecule has 0 saturated heterocycles. The number of rotatable bonds is 7. The lowest BCUT2D eigenvalue weighted by atomic mass is 9.93. The summed E-state index contributed by atoms with van der Waals surface area (Å²) in [5.41, 5.74) is 4.70. The fourth-order valence-electron chi connectivity index (χ4n) is 3.86. The molecular weight excluding hydrogens is 497 g/mol. The van der Waals surface area contributed by atoms with Crippen molar-refractivity contribution in [2.75, 3.05) is 11.1 Å². The largest absolute Gasteiger partial charge is 0.490 e. The van der Waals surface area contributed by atoms with Gasteiger partial charge in [0.15, 0.2) is 5.13 Å². The number of ether oxygens (including phenoxy) is 1. The molecule has 190 valence electrons. The van der Waals surface area contributed by atoms with Gasteiger partial charge >= 0.3 is 6.18 Å². The highest BCUT2D eigenvalue weighted by Gasteiger charge is 2.36. The van der Waals surface area contributed by atoms with E-state index < -0.39 is 11.7 Å². The molecule has 3 N–H and O–H groups in total. The summed E-state index contributed by atoms with van der Waals surface area (Å²) in [6.45, 7) is 6.24. The summed E-state index contributed by atoms with van der Waals surface area (Å²) in [7, 11) is 0. The average molecular weight is 527 g/mol. The van der Waals surface area contributed by atoms with Crippen LogP contribution in [0.15, 0.2) is 39.2 Å². The Balaban J connectivity index is 1.32. The number of nitrogens with zero attached hydrogens (tertiary/aromatic N) is 2. The Bertz CT molecular complexity index is 1140. The molecule has 0 spiro atoms. The van der Waals surface area contributed by atoms with Gasteiger partial charge in [-0.15, -0.1) is 11.8 Å². The number of aromatic nitrogens is 2. The van der Waals surface area contributed by atoms with E-state index in [0.29, 0.717) is 24.5 Å². The summed E-state index contributed by atoms with van der Waals surface area (Å²) >= 11 is 3.14. The van der Waals surface area contributed by atoms with Crippen LogP contribution in [0.25, 0.3) is 0 Å². The van der Waals surface area contributed by atoms with Crippen LogP contribution in [0.5, 0.6) is 5.75 Å². The Morgan fingerprint density at radius 3 is 2.71 bits per heavy atom. The average Bonchev–Trinajstić information content (AvgIpc) is 3.42. The highest BCUT2D eigenvalue weighted by Crippen LogP contribution is 2.39. The van der Waals surface area contributed by atoms with Gasteiger partial charge in [0, 0.05) is 23.6 Å². The quantitative estimate of drug-likeness (QED) is 0.250. The maximum Gasteiger partial charge on any atom is 0.420 e. The van der Waals surface area contributed by atoms with Crippen molar-refractivity contribution in [1.29, 1.82) is 0 Å². The van der Waals surface area contributed by atoms with E-state index in [2.05, 4.69) is 36.1 Å². The Hall–Kier alpha value is -2.40. The molecule has 3 aromatic rings. The number of anilines is 2. The molecule has 6 nitrogen and oxygen atoms in total. The second-order valence-corrected chi connectivity index (χ2v) is 11.9. The first-order valence-electron chi connectivity index (χ1n) is 11.4. The third-order valence-electron chi connectivity index (χ3n) is 5.67. The Morgan fingerprint density at radius 2 is 2.00 bits per heavy atom. The van der Waals surface area contributed by atoms with E-state index in [1.54, 1.807) is 18.0 Å². The Labute approximate surface area is 210 Å². The molecule has 1 aromatic carbocycles. The number of nitrogens with two attached hydrogens (primary N) is 1. The highest BCUT2D eigenvalue weighted by atomic mass is 32.2. The zero-order chi connectivity index (χ0) is 25.2. The molecule has 0 radical (unpaired) electrons. The van der Waals surface area contributed by atoms with Gasteiger partial charge in [-0.25, -0.2) is 9.97 Å². The minimum Gasteiger partial charge on any atom is -0.490 e. The van der Waals surface area contributed by atoms with Crippen LogP contribution in [0.4, 0.5) is 24.0 Å². The summed E-state index contributed by atoms with van der Waals surface area (Å²) in [6, 6.07) is 3.73. The van der Waals surface area contributed by atoms with Gasteiger partial charge in [0.2, 0.25) is 5.89 Å². The van der Waals surface area contributed by atoms with Crippen molar-refractivity contribution in [1.82, 2.24) is 9.97 Å². The summed E-state index contributed by atoms with van der Waals surface area (Å²) in [5.74, 6) is 1.97. The number of nitrogens with one attached hydrogen (secondary N) is 1. The number of halogens is 3.